The number of ether oxygens (including phenoxy) is 2. The number of thiophene rings is 1. The van der Waals surface area contributed by atoms with Gasteiger partial charge in [-0.1, -0.05) is 12.1 Å². The quantitative estimate of drug-likeness (QED) is 0.645. The molecule has 1 aromatic carbocycles. The monoisotopic (exact) mass is 453 g/mol. The van der Waals surface area contributed by atoms with Crippen LogP contribution in [0.1, 0.15) is 24.3 Å². The Morgan fingerprint density at radius 2 is 2.00 bits per heavy atom. The Bertz CT molecular complexity index is 1140. The lowest BCUT2D eigenvalue weighted by Crippen LogP contribution is -2.57. The van der Waals surface area contributed by atoms with Crippen LogP contribution in [0.25, 0.3) is 10.2 Å². The highest BCUT2D eigenvalue weighted by atomic mass is 32.1. The normalized spacial score (nSPS) is 20.8. The second-order valence-corrected chi connectivity index (χ2v) is 9.41. The van der Waals surface area contributed by atoms with Gasteiger partial charge in [0.2, 0.25) is 0 Å². The molecule has 168 valence electrons. The first kappa shape index (κ1) is 21.0. The predicted octanol–water partition coefficient (Wildman–Crippen LogP) is 4.03. The SMILES string of the molecule is COc1ccccc1Nc1ncnc2sc3c(c12)CCN(C(=O)N1C(C)COCC1C)C3. The molecule has 4 heterocycles. The zero-order valence-electron chi connectivity index (χ0n) is 18.5. The van der Waals surface area contributed by atoms with Gasteiger partial charge in [0, 0.05) is 11.4 Å². The van der Waals surface area contributed by atoms with Crippen LogP contribution >= 0.6 is 11.3 Å². The lowest BCUT2D eigenvalue weighted by molar-refractivity contribution is -0.0226. The van der Waals surface area contributed by atoms with Crippen molar-refractivity contribution in [3.05, 3.63) is 41.0 Å². The van der Waals surface area contributed by atoms with Crippen molar-refractivity contribution in [3.8, 4) is 5.75 Å². The highest BCUT2D eigenvalue weighted by Gasteiger charge is 2.35. The Morgan fingerprint density at radius 1 is 1.22 bits per heavy atom. The molecule has 5 rings (SSSR count). The number of nitrogens with one attached hydrogen (secondary N) is 1. The van der Waals surface area contributed by atoms with Crippen LogP contribution in [0.3, 0.4) is 0 Å². The average Bonchev–Trinajstić information content (AvgIpc) is 3.18. The van der Waals surface area contributed by atoms with Gasteiger partial charge < -0.3 is 24.6 Å². The largest absolute Gasteiger partial charge is 0.495 e. The highest BCUT2D eigenvalue weighted by molar-refractivity contribution is 7.19. The molecule has 1 fully saturated rings. The number of anilines is 2. The zero-order chi connectivity index (χ0) is 22.2. The number of fused-ring (bicyclic) bond motifs is 3. The fourth-order valence-electron chi connectivity index (χ4n) is 4.61. The van der Waals surface area contributed by atoms with Crippen molar-refractivity contribution in [1.29, 1.82) is 0 Å². The van der Waals surface area contributed by atoms with Gasteiger partial charge >= 0.3 is 6.03 Å². The summed E-state index contributed by atoms with van der Waals surface area (Å²) < 4.78 is 11.1. The number of benzene rings is 1. The van der Waals surface area contributed by atoms with E-state index in [1.807, 2.05) is 47.9 Å². The van der Waals surface area contributed by atoms with Gasteiger partial charge in [0.1, 0.15) is 22.7 Å². The van der Waals surface area contributed by atoms with E-state index in [1.54, 1.807) is 24.8 Å². The number of hydrogen-bond acceptors (Lipinski definition) is 7. The van der Waals surface area contributed by atoms with Crippen LogP contribution in [0.5, 0.6) is 5.75 Å². The van der Waals surface area contributed by atoms with Gasteiger partial charge in [-0.25, -0.2) is 14.8 Å². The lowest BCUT2D eigenvalue weighted by Gasteiger charge is -2.42. The fraction of sp³-hybridized carbons (Fsp3) is 0.435. The molecule has 0 radical (unpaired) electrons. The van der Waals surface area contributed by atoms with Crippen LogP contribution in [0.4, 0.5) is 16.3 Å². The van der Waals surface area contributed by atoms with Crippen molar-refractivity contribution in [1.82, 2.24) is 19.8 Å². The molecule has 3 aromatic rings. The average molecular weight is 454 g/mol. The van der Waals surface area contributed by atoms with Gasteiger partial charge in [0.15, 0.2) is 0 Å². The molecular formula is C23H27N5O3S. The van der Waals surface area contributed by atoms with E-state index in [-0.39, 0.29) is 18.1 Å². The number of aromatic nitrogens is 2. The topological polar surface area (TPSA) is 79.8 Å². The van der Waals surface area contributed by atoms with Crippen molar-refractivity contribution in [2.75, 3.05) is 32.2 Å². The number of para-hydroxylation sites is 2. The number of rotatable bonds is 3. The van der Waals surface area contributed by atoms with E-state index in [0.717, 1.165) is 33.9 Å². The Morgan fingerprint density at radius 3 is 2.78 bits per heavy atom. The second-order valence-electron chi connectivity index (χ2n) is 8.33. The number of methoxy groups -OCH3 is 1. The Labute approximate surface area is 191 Å². The van der Waals surface area contributed by atoms with Gasteiger partial charge in [-0.05, 0) is 38.0 Å². The third-order valence-corrected chi connectivity index (χ3v) is 7.28. The molecule has 0 aliphatic carbocycles. The predicted molar refractivity (Wildman–Crippen MR) is 125 cm³/mol. The molecule has 1 N–H and O–H groups in total. The molecule has 1 saturated heterocycles. The Hall–Kier alpha value is -2.91. The van der Waals surface area contributed by atoms with E-state index >= 15 is 0 Å². The third kappa shape index (κ3) is 3.65. The van der Waals surface area contributed by atoms with Crippen LogP contribution in [0.15, 0.2) is 30.6 Å². The first-order valence-corrected chi connectivity index (χ1v) is 11.7. The summed E-state index contributed by atoms with van der Waals surface area (Å²) in [5.74, 6) is 1.53. The molecule has 0 spiro atoms. The highest BCUT2D eigenvalue weighted by Crippen LogP contribution is 2.39. The number of carbonyl (C=O) groups is 1. The molecule has 32 heavy (non-hydrogen) atoms. The molecule has 2 amide bonds. The van der Waals surface area contributed by atoms with Gasteiger partial charge in [-0.3, -0.25) is 0 Å². The minimum atomic E-state index is 0.0811. The molecule has 0 saturated carbocycles. The van der Waals surface area contributed by atoms with E-state index in [1.165, 1.54) is 10.4 Å². The van der Waals surface area contributed by atoms with Crippen LogP contribution in [-0.2, 0) is 17.7 Å². The summed E-state index contributed by atoms with van der Waals surface area (Å²) in [6.45, 7) is 6.55. The van der Waals surface area contributed by atoms with Crippen molar-refractivity contribution >= 4 is 39.1 Å². The number of morpholine rings is 1. The Balaban J connectivity index is 1.44. The maximum atomic E-state index is 13.3. The summed E-state index contributed by atoms with van der Waals surface area (Å²) in [5.41, 5.74) is 2.09. The van der Waals surface area contributed by atoms with Crippen LogP contribution in [0, 0.1) is 0 Å². The molecule has 9 heteroatoms. The standard InChI is InChI=1S/C23H27N5O3S/c1-14-11-31-12-15(2)28(14)23(29)27-9-8-16-19(10-27)32-22-20(16)21(24-13-25-22)26-17-6-4-5-7-18(17)30-3/h4-7,13-15H,8-12H2,1-3H3,(H,24,25,26). The molecule has 2 atom stereocenters. The smallest absolute Gasteiger partial charge is 0.320 e. The van der Waals surface area contributed by atoms with E-state index in [2.05, 4.69) is 15.3 Å². The summed E-state index contributed by atoms with van der Waals surface area (Å²) in [7, 11) is 1.66. The van der Waals surface area contributed by atoms with Crippen molar-refractivity contribution in [2.45, 2.75) is 38.9 Å². The van der Waals surface area contributed by atoms with E-state index in [0.29, 0.717) is 26.3 Å². The summed E-state index contributed by atoms with van der Waals surface area (Å²) in [4.78, 5) is 28.4. The third-order valence-electron chi connectivity index (χ3n) is 6.16. The number of urea groups is 1. The maximum Gasteiger partial charge on any atom is 0.320 e. The van der Waals surface area contributed by atoms with Crippen LogP contribution < -0.4 is 10.1 Å². The van der Waals surface area contributed by atoms with E-state index in [9.17, 15) is 4.79 Å². The first-order valence-electron chi connectivity index (χ1n) is 10.9. The summed E-state index contributed by atoms with van der Waals surface area (Å²) >= 11 is 1.64. The van der Waals surface area contributed by atoms with E-state index in [4.69, 9.17) is 9.47 Å². The molecular weight excluding hydrogens is 426 g/mol. The zero-order valence-corrected chi connectivity index (χ0v) is 19.3. The molecule has 8 nitrogen and oxygen atoms in total. The van der Waals surface area contributed by atoms with E-state index < -0.39 is 0 Å². The lowest BCUT2D eigenvalue weighted by atomic mass is 10.0. The first-order chi connectivity index (χ1) is 15.6. The molecule has 2 aliphatic heterocycles. The number of carbonyl (C=O) groups excluding carboxylic acids is 1. The molecule has 2 aromatic heterocycles. The molecule has 0 bridgehead atoms. The number of hydrogen-bond donors (Lipinski definition) is 1. The van der Waals surface area contributed by atoms with Crippen molar-refractivity contribution in [3.63, 3.8) is 0 Å². The second kappa shape index (κ2) is 8.55. The summed E-state index contributed by atoms with van der Waals surface area (Å²) in [6.07, 6.45) is 2.37. The van der Waals surface area contributed by atoms with Crippen LogP contribution in [0.2, 0.25) is 0 Å². The number of nitrogens with zero attached hydrogens (tertiary/aromatic N) is 4. The van der Waals surface area contributed by atoms with Crippen molar-refractivity contribution in [2.24, 2.45) is 0 Å². The van der Waals surface area contributed by atoms with Crippen LogP contribution in [-0.4, -0.2) is 64.8 Å². The summed E-state index contributed by atoms with van der Waals surface area (Å²) in [5, 5.41) is 4.47. The Kier molecular flexibility index (Phi) is 5.60. The van der Waals surface area contributed by atoms with Gasteiger partial charge in [-0.2, -0.15) is 0 Å². The summed E-state index contributed by atoms with van der Waals surface area (Å²) in [6, 6.07) is 8.04. The number of amides is 2. The minimum absolute atomic E-state index is 0.0811. The van der Waals surface area contributed by atoms with Crippen molar-refractivity contribution < 1.29 is 14.3 Å². The minimum Gasteiger partial charge on any atom is -0.495 e. The maximum absolute atomic E-state index is 13.3. The van der Waals surface area contributed by atoms with Gasteiger partial charge in [0.25, 0.3) is 0 Å². The van der Waals surface area contributed by atoms with Gasteiger partial charge in [-0.15, -0.1) is 11.3 Å². The fourth-order valence-corrected chi connectivity index (χ4v) is 5.81. The van der Waals surface area contributed by atoms with Gasteiger partial charge in [0.05, 0.1) is 50.0 Å². The molecule has 2 aliphatic rings. The molecule has 2 unspecified atom stereocenters.